The molecule has 6 N–H and O–H groups in total. The topological polar surface area (TPSA) is 188 Å². The van der Waals surface area contributed by atoms with Crippen molar-refractivity contribution < 1.29 is 44.3 Å². The number of thioether (sulfide) groups is 1. The number of hydrogen-bond acceptors (Lipinski definition) is 11. The number of phenols is 1. The molecule has 1 fully saturated rings. The molecule has 11 nitrogen and oxygen atoms in total. The number of fused-ring (bicyclic) bond motifs is 2. The highest BCUT2D eigenvalue weighted by Crippen LogP contribution is 2.55. The molecule has 41 heavy (non-hydrogen) atoms. The van der Waals surface area contributed by atoms with E-state index in [-0.39, 0.29) is 23.4 Å². The summed E-state index contributed by atoms with van der Waals surface area (Å²) < 4.78 is 5.61. The molecule has 3 aliphatic carbocycles. The summed E-state index contributed by atoms with van der Waals surface area (Å²) in [5.74, 6) is -8.73. The second-order valence-electron chi connectivity index (χ2n) is 11.4. The maximum Gasteiger partial charge on any atom is 0.293 e. The number of ether oxygens (including phenoxy) is 1. The number of aliphatic hydroxyl groups is 3. The van der Waals surface area contributed by atoms with Crippen molar-refractivity contribution in [1.82, 2.24) is 4.90 Å². The number of phenolic OH excluding ortho intramolecular Hbond substituents is 1. The summed E-state index contributed by atoms with van der Waals surface area (Å²) in [4.78, 5) is 53.4. The molecule has 0 heterocycles. The molecule has 0 aliphatic heterocycles. The molecule has 1 amide bonds. The molecule has 0 aromatic heterocycles. The third-order valence-corrected chi connectivity index (χ3v) is 10.5. The fourth-order valence-electron chi connectivity index (χ4n) is 6.83. The summed E-state index contributed by atoms with van der Waals surface area (Å²) in [5.41, 5.74) is 2.51. The number of aromatic hydroxyl groups is 1. The largest absolute Gasteiger partial charge is 0.508 e. The van der Waals surface area contributed by atoms with Gasteiger partial charge in [-0.05, 0) is 45.5 Å². The SMILES string of the molecule is CC(C(N)=O)C(=O)[C@@]1(O)C(O)=C2C(=O)c3c(O)cccc3C(CSC3CCCC3)[C@H]2C(OC=O)[C@H]1[C@@H](CO)N(C)C. The third-order valence-electron chi connectivity index (χ3n) is 9.01. The van der Waals surface area contributed by atoms with E-state index in [4.69, 9.17) is 10.5 Å². The summed E-state index contributed by atoms with van der Waals surface area (Å²) in [6, 6.07) is 3.57. The number of benzene rings is 1. The van der Waals surface area contributed by atoms with Gasteiger partial charge >= 0.3 is 0 Å². The normalized spacial score (nSPS) is 29.6. The fourth-order valence-corrected chi connectivity index (χ4v) is 8.37. The van der Waals surface area contributed by atoms with Crippen LogP contribution in [0.2, 0.25) is 0 Å². The first-order valence-electron chi connectivity index (χ1n) is 13.8. The molecule has 0 spiro atoms. The van der Waals surface area contributed by atoms with Crippen LogP contribution in [-0.4, -0.2) is 98.7 Å². The zero-order chi connectivity index (χ0) is 30.2. The Hall–Kier alpha value is -2.93. The number of nitrogens with zero attached hydrogens (tertiary/aromatic N) is 1. The molecule has 7 atom stereocenters. The zero-order valence-corrected chi connectivity index (χ0v) is 24.2. The van der Waals surface area contributed by atoms with Gasteiger partial charge in [0.05, 0.1) is 24.0 Å². The molecule has 4 rings (SSSR count). The molecule has 0 bridgehead atoms. The minimum Gasteiger partial charge on any atom is -0.508 e. The molecule has 0 radical (unpaired) electrons. The Balaban J connectivity index is 2.03. The van der Waals surface area contributed by atoms with E-state index in [0.717, 1.165) is 32.6 Å². The van der Waals surface area contributed by atoms with Crippen molar-refractivity contribution in [3.05, 3.63) is 40.7 Å². The molecule has 1 aromatic rings. The smallest absolute Gasteiger partial charge is 0.293 e. The van der Waals surface area contributed by atoms with Gasteiger partial charge in [0.2, 0.25) is 5.91 Å². The van der Waals surface area contributed by atoms with E-state index in [2.05, 4.69) is 0 Å². The highest BCUT2D eigenvalue weighted by Gasteiger charge is 2.65. The Bertz CT molecular complexity index is 1240. The van der Waals surface area contributed by atoms with Crippen molar-refractivity contribution >= 4 is 35.7 Å². The molecule has 0 saturated heterocycles. The molecule has 1 saturated carbocycles. The van der Waals surface area contributed by atoms with Crippen LogP contribution in [0.25, 0.3) is 0 Å². The van der Waals surface area contributed by atoms with Gasteiger partial charge in [0.15, 0.2) is 17.2 Å². The molecular formula is C29H38N2O9S. The van der Waals surface area contributed by atoms with Crippen molar-refractivity contribution in [1.29, 1.82) is 0 Å². The molecular weight excluding hydrogens is 552 g/mol. The van der Waals surface area contributed by atoms with E-state index in [9.17, 15) is 39.6 Å². The zero-order valence-electron chi connectivity index (χ0n) is 23.4. The van der Waals surface area contributed by atoms with Crippen molar-refractivity contribution in [3.8, 4) is 5.75 Å². The van der Waals surface area contributed by atoms with Gasteiger partial charge in [-0.25, -0.2) is 0 Å². The van der Waals surface area contributed by atoms with Crippen LogP contribution in [0, 0.1) is 17.8 Å². The number of ketones is 2. The number of likely N-dealkylation sites (N-methyl/N-ethyl adjacent to an activating group) is 1. The monoisotopic (exact) mass is 590 g/mol. The van der Waals surface area contributed by atoms with Gasteiger partial charge < -0.3 is 35.8 Å². The van der Waals surface area contributed by atoms with Crippen molar-refractivity contribution in [2.75, 3.05) is 26.5 Å². The van der Waals surface area contributed by atoms with Gasteiger partial charge in [-0.15, -0.1) is 0 Å². The fraction of sp³-hybridized carbons (Fsp3) is 0.586. The van der Waals surface area contributed by atoms with E-state index in [1.165, 1.54) is 11.0 Å². The van der Waals surface area contributed by atoms with Crippen LogP contribution in [0.3, 0.4) is 0 Å². The Kier molecular flexibility index (Phi) is 9.17. The summed E-state index contributed by atoms with van der Waals surface area (Å²) >= 11 is 1.68. The lowest BCUT2D eigenvalue weighted by Crippen LogP contribution is -2.67. The molecule has 12 heteroatoms. The number of hydrogen-bond donors (Lipinski definition) is 5. The second kappa shape index (κ2) is 12.1. The number of Topliss-reactive ketones (excluding diaryl/α,β-unsaturated/α-hetero) is 2. The van der Waals surface area contributed by atoms with Crippen LogP contribution in [0.5, 0.6) is 5.75 Å². The van der Waals surface area contributed by atoms with Crippen molar-refractivity contribution in [3.63, 3.8) is 0 Å². The van der Waals surface area contributed by atoms with Crippen LogP contribution in [0.1, 0.15) is 54.4 Å². The Morgan fingerprint density at radius 3 is 2.46 bits per heavy atom. The Morgan fingerprint density at radius 2 is 1.90 bits per heavy atom. The standard InChI is InChI=1S/C29H38N2O9S/c1-14(28(30)38)26(36)29(39)23(18(11-32)31(2)3)25(40-13-33)21-17(12-41-15-7-4-5-8-15)16-9-6-10-19(34)20(16)24(35)22(21)27(29)37/h6,9-10,13-15,17-18,21,23,25,32,34,37,39H,4-5,7-8,11-12H2,1-3H3,(H2,30,38)/t14?,17?,18-,21-,23-,25?,29-/m1/s1. The Morgan fingerprint density at radius 1 is 1.24 bits per heavy atom. The number of nitrogens with two attached hydrogens (primary N) is 1. The molecule has 3 aliphatic rings. The average molecular weight is 591 g/mol. The molecule has 1 aromatic carbocycles. The Labute approximate surface area is 242 Å². The third kappa shape index (κ3) is 5.15. The quantitative estimate of drug-likeness (QED) is 0.185. The molecule has 224 valence electrons. The number of aliphatic hydroxyl groups excluding tert-OH is 2. The minimum absolute atomic E-state index is 0.0744. The van der Waals surface area contributed by atoms with Crippen molar-refractivity contribution in [2.24, 2.45) is 23.5 Å². The molecule has 3 unspecified atom stereocenters. The summed E-state index contributed by atoms with van der Waals surface area (Å²) in [6.45, 7) is 0.681. The lowest BCUT2D eigenvalue weighted by atomic mass is 9.56. The lowest BCUT2D eigenvalue weighted by Gasteiger charge is -2.53. The minimum atomic E-state index is -2.94. The van der Waals surface area contributed by atoms with Gasteiger partial charge in [0.1, 0.15) is 17.6 Å². The number of primary amides is 1. The maximum atomic E-state index is 14.0. The van der Waals surface area contributed by atoms with E-state index >= 15 is 0 Å². The number of carbonyl (C=O) groups is 4. The van der Waals surface area contributed by atoms with E-state index in [1.54, 1.807) is 38.0 Å². The first-order valence-corrected chi connectivity index (χ1v) is 14.8. The maximum absolute atomic E-state index is 14.0. The summed E-state index contributed by atoms with van der Waals surface area (Å²) in [6.07, 6.45) is 2.85. The highest BCUT2D eigenvalue weighted by atomic mass is 32.2. The van der Waals surface area contributed by atoms with Gasteiger partial charge in [-0.1, -0.05) is 25.0 Å². The second-order valence-corrected chi connectivity index (χ2v) is 12.7. The lowest BCUT2D eigenvalue weighted by molar-refractivity contribution is -0.177. The van der Waals surface area contributed by atoms with Crippen LogP contribution in [-0.2, 0) is 19.1 Å². The summed E-state index contributed by atoms with van der Waals surface area (Å²) in [5, 5.41) is 45.5. The van der Waals surface area contributed by atoms with Gasteiger partial charge in [0.25, 0.3) is 6.47 Å². The highest BCUT2D eigenvalue weighted by molar-refractivity contribution is 7.99. The summed E-state index contributed by atoms with van der Waals surface area (Å²) in [7, 11) is 3.15. The van der Waals surface area contributed by atoms with Gasteiger partial charge in [-0.2, -0.15) is 11.8 Å². The van der Waals surface area contributed by atoms with Crippen LogP contribution < -0.4 is 5.73 Å². The number of rotatable bonds is 11. The van der Waals surface area contributed by atoms with E-state index < -0.39 is 71.3 Å². The first kappa shape index (κ1) is 31.0. The first-order chi connectivity index (χ1) is 19.4. The average Bonchev–Trinajstić information content (AvgIpc) is 3.45. The van der Waals surface area contributed by atoms with Gasteiger partial charge in [0, 0.05) is 34.5 Å². The number of amides is 1. The predicted molar refractivity (Wildman–Crippen MR) is 150 cm³/mol. The predicted octanol–water partition coefficient (Wildman–Crippen LogP) is 1.29. The van der Waals surface area contributed by atoms with E-state index in [0.29, 0.717) is 16.6 Å². The van der Waals surface area contributed by atoms with Crippen LogP contribution in [0.4, 0.5) is 0 Å². The van der Waals surface area contributed by atoms with Gasteiger partial charge in [-0.3, -0.25) is 19.2 Å². The van der Waals surface area contributed by atoms with Crippen LogP contribution >= 0.6 is 11.8 Å². The van der Waals surface area contributed by atoms with E-state index in [1.807, 2.05) is 0 Å². The van der Waals surface area contributed by atoms with Crippen molar-refractivity contribution in [2.45, 2.75) is 61.5 Å². The number of carbonyl (C=O) groups excluding carboxylic acids is 4. The van der Waals surface area contributed by atoms with Crippen LogP contribution in [0.15, 0.2) is 29.5 Å².